The Hall–Kier alpha value is -2.18. The van der Waals surface area contributed by atoms with Gasteiger partial charge in [-0.1, -0.05) is 44.7 Å². The first-order valence-corrected chi connectivity index (χ1v) is 10.6. The molecule has 0 radical (unpaired) electrons. The fourth-order valence-corrected chi connectivity index (χ4v) is 3.97. The van der Waals surface area contributed by atoms with Gasteiger partial charge in [-0.05, 0) is 42.8 Å². The Balaban J connectivity index is 1.64. The highest BCUT2D eigenvalue weighted by molar-refractivity contribution is 7.89. The Morgan fingerprint density at radius 2 is 1.69 bits per heavy atom. The number of sulfonamides is 1. The first-order valence-electron chi connectivity index (χ1n) is 9.15. The van der Waals surface area contributed by atoms with E-state index >= 15 is 0 Å². The summed E-state index contributed by atoms with van der Waals surface area (Å²) in [5, 5.41) is 0. The number of aromatic nitrogens is 2. The molecule has 3 aromatic rings. The lowest BCUT2D eigenvalue weighted by molar-refractivity contribution is 0.571. The lowest BCUT2D eigenvalue weighted by atomic mass is 10.2. The van der Waals surface area contributed by atoms with Gasteiger partial charge in [0.15, 0.2) is 0 Å². The van der Waals surface area contributed by atoms with Crippen LogP contribution in [0.3, 0.4) is 0 Å². The average molecular weight is 372 g/mol. The molecule has 0 atom stereocenters. The van der Waals surface area contributed by atoms with Gasteiger partial charge in [0.25, 0.3) is 0 Å². The van der Waals surface area contributed by atoms with Crippen LogP contribution in [0.25, 0.3) is 22.4 Å². The number of para-hydroxylation sites is 2. The summed E-state index contributed by atoms with van der Waals surface area (Å²) in [6.45, 7) is 2.65. The first kappa shape index (κ1) is 18.6. The third-order valence-electron chi connectivity index (χ3n) is 4.40. The number of hydrogen-bond acceptors (Lipinski definition) is 3. The fraction of sp³-hybridized carbons (Fsp3) is 0.350. The predicted molar refractivity (Wildman–Crippen MR) is 105 cm³/mol. The third-order valence-corrected chi connectivity index (χ3v) is 5.88. The molecule has 0 aliphatic rings. The molecule has 6 heteroatoms. The van der Waals surface area contributed by atoms with Gasteiger partial charge in [0.1, 0.15) is 5.82 Å². The first-order chi connectivity index (χ1) is 12.6. The van der Waals surface area contributed by atoms with Crippen LogP contribution in [0.15, 0.2) is 53.4 Å². The van der Waals surface area contributed by atoms with Gasteiger partial charge < -0.3 is 4.98 Å². The summed E-state index contributed by atoms with van der Waals surface area (Å²) in [4.78, 5) is 8.08. The van der Waals surface area contributed by atoms with Crippen LogP contribution in [-0.2, 0) is 10.0 Å². The minimum Gasteiger partial charge on any atom is -0.338 e. The van der Waals surface area contributed by atoms with Crippen molar-refractivity contribution in [2.75, 3.05) is 6.54 Å². The molecule has 0 saturated carbocycles. The van der Waals surface area contributed by atoms with E-state index in [0.717, 1.165) is 41.7 Å². The summed E-state index contributed by atoms with van der Waals surface area (Å²) < 4.78 is 27.4. The number of nitrogens with one attached hydrogen (secondary N) is 2. The van der Waals surface area contributed by atoms with Crippen LogP contribution in [0.1, 0.15) is 39.0 Å². The van der Waals surface area contributed by atoms with E-state index in [0.29, 0.717) is 6.54 Å². The average Bonchev–Trinajstić information content (AvgIpc) is 3.09. The molecule has 3 rings (SSSR count). The molecule has 0 fully saturated rings. The highest BCUT2D eigenvalue weighted by Gasteiger charge is 2.14. The summed E-state index contributed by atoms with van der Waals surface area (Å²) in [6, 6.07) is 14.6. The molecule has 1 aromatic heterocycles. The molecule has 0 aliphatic carbocycles. The van der Waals surface area contributed by atoms with E-state index in [1.807, 2.05) is 24.3 Å². The van der Waals surface area contributed by atoms with Gasteiger partial charge in [0, 0.05) is 12.1 Å². The van der Waals surface area contributed by atoms with E-state index < -0.39 is 10.0 Å². The second-order valence-electron chi connectivity index (χ2n) is 6.44. The Kier molecular flexibility index (Phi) is 6.06. The molecule has 0 aliphatic heterocycles. The van der Waals surface area contributed by atoms with Crippen molar-refractivity contribution in [2.24, 2.45) is 0 Å². The van der Waals surface area contributed by atoms with Crippen molar-refractivity contribution in [1.82, 2.24) is 14.7 Å². The number of unbranched alkanes of at least 4 members (excludes halogenated alkanes) is 4. The van der Waals surface area contributed by atoms with Gasteiger partial charge in [-0.2, -0.15) is 0 Å². The maximum absolute atomic E-state index is 12.4. The summed E-state index contributed by atoms with van der Waals surface area (Å²) in [6.07, 6.45) is 5.47. The van der Waals surface area contributed by atoms with Gasteiger partial charge in [0.2, 0.25) is 10.0 Å². The highest BCUT2D eigenvalue weighted by Crippen LogP contribution is 2.22. The van der Waals surface area contributed by atoms with Crippen LogP contribution in [0.5, 0.6) is 0 Å². The van der Waals surface area contributed by atoms with Gasteiger partial charge in [-0.15, -0.1) is 0 Å². The summed E-state index contributed by atoms with van der Waals surface area (Å²) >= 11 is 0. The van der Waals surface area contributed by atoms with Crippen LogP contribution in [0.2, 0.25) is 0 Å². The molecule has 0 amide bonds. The molecule has 1 heterocycles. The smallest absolute Gasteiger partial charge is 0.240 e. The third kappa shape index (κ3) is 4.51. The number of imidazole rings is 1. The van der Waals surface area contributed by atoms with Crippen LogP contribution in [0.4, 0.5) is 0 Å². The largest absolute Gasteiger partial charge is 0.338 e. The van der Waals surface area contributed by atoms with Crippen LogP contribution in [-0.4, -0.2) is 24.9 Å². The number of hydrogen-bond donors (Lipinski definition) is 2. The Labute approximate surface area is 154 Å². The van der Waals surface area contributed by atoms with Crippen molar-refractivity contribution in [3.8, 4) is 11.4 Å². The molecule has 5 nitrogen and oxygen atoms in total. The van der Waals surface area contributed by atoms with E-state index in [2.05, 4.69) is 21.6 Å². The summed E-state index contributed by atoms with van der Waals surface area (Å²) in [5.74, 6) is 0.735. The van der Waals surface area contributed by atoms with Gasteiger partial charge in [-0.3, -0.25) is 0 Å². The molecule has 0 unspecified atom stereocenters. The summed E-state index contributed by atoms with van der Waals surface area (Å²) in [5.41, 5.74) is 2.72. The zero-order chi connectivity index (χ0) is 18.4. The lowest BCUT2D eigenvalue weighted by Gasteiger charge is -2.07. The molecular weight excluding hydrogens is 346 g/mol. The van der Waals surface area contributed by atoms with Crippen LogP contribution >= 0.6 is 0 Å². The van der Waals surface area contributed by atoms with Gasteiger partial charge in [-0.25, -0.2) is 18.1 Å². The number of nitrogens with zero attached hydrogens (tertiary/aromatic N) is 1. The predicted octanol–water partition coefficient (Wildman–Crippen LogP) is 4.48. The van der Waals surface area contributed by atoms with E-state index in [9.17, 15) is 8.42 Å². The van der Waals surface area contributed by atoms with Gasteiger partial charge >= 0.3 is 0 Å². The topological polar surface area (TPSA) is 74.8 Å². The summed E-state index contributed by atoms with van der Waals surface area (Å²) in [7, 11) is -3.46. The Morgan fingerprint density at radius 1 is 0.962 bits per heavy atom. The second kappa shape index (κ2) is 8.47. The quantitative estimate of drug-likeness (QED) is 0.545. The van der Waals surface area contributed by atoms with Crippen molar-refractivity contribution in [1.29, 1.82) is 0 Å². The minimum absolute atomic E-state index is 0.283. The Bertz CT molecular complexity index is 914. The SMILES string of the molecule is CCCCCCCNS(=O)(=O)c1ccc(-c2nc3ccccc3[nH]2)cc1. The monoisotopic (exact) mass is 371 g/mol. The maximum atomic E-state index is 12.4. The van der Waals surface area contributed by atoms with Crippen molar-refractivity contribution in [3.63, 3.8) is 0 Å². The van der Waals surface area contributed by atoms with Crippen LogP contribution in [0, 0.1) is 0 Å². The number of benzene rings is 2. The fourth-order valence-electron chi connectivity index (χ4n) is 2.90. The van der Waals surface area contributed by atoms with Crippen molar-refractivity contribution < 1.29 is 8.42 Å². The molecule has 0 bridgehead atoms. The van der Waals surface area contributed by atoms with E-state index in [4.69, 9.17) is 0 Å². The zero-order valence-electron chi connectivity index (χ0n) is 15.0. The molecule has 0 spiro atoms. The molecule has 138 valence electrons. The van der Waals surface area contributed by atoms with Crippen molar-refractivity contribution >= 4 is 21.1 Å². The van der Waals surface area contributed by atoms with Crippen LogP contribution < -0.4 is 4.72 Å². The van der Waals surface area contributed by atoms with E-state index in [1.54, 1.807) is 24.3 Å². The molecule has 2 aromatic carbocycles. The van der Waals surface area contributed by atoms with E-state index in [1.165, 1.54) is 12.8 Å². The molecular formula is C20H25N3O2S. The van der Waals surface area contributed by atoms with E-state index in [-0.39, 0.29) is 4.90 Å². The highest BCUT2D eigenvalue weighted by atomic mass is 32.2. The Morgan fingerprint density at radius 3 is 2.42 bits per heavy atom. The maximum Gasteiger partial charge on any atom is 0.240 e. The zero-order valence-corrected chi connectivity index (χ0v) is 15.8. The molecule has 26 heavy (non-hydrogen) atoms. The second-order valence-corrected chi connectivity index (χ2v) is 8.21. The number of H-pyrrole nitrogens is 1. The van der Waals surface area contributed by atoms with Crippen molar-refractivity contribution in [2.45, 2.75) is 43.9 Å². The number of rotatable bonds is 9. The number of aromatic amines is 1. The molecule has 0 saturated heterocycles. The normalized spacial score (nSPS) is 11.9. The lowest BCUT2D eigenvalue weighted by Crippen LogP contribution is -2.24. The number of fused-ring (bicyclic) bond motifs is 1. The minimum atomic E-state index is -3.46. The van der Waals surface area contributed by atoms with Crippen molar-refractivity contribution in [3.05, 3.63) is 48.5 Å². The standard InChI is InChI=1S/C20H25N3O2S/c1-2-3-4-5-8-15-21-26(24,25)17-13-11-16(12-14-17)20-22-18-9-6-7-10-19(18)23-20/h6-7,9-14,21H,2-5,8,15H2,1H3,(H,22,23). The van der Waals surface area contributed by atoms with Gasteiger partial charge in [0.05, 0.1) is 15.9 Å². The molecule has 2 N–H and O–H groups in total.